The highest BCUT2D eigenvalue weighted by Gasteiger charge is 2.23. The fourth-order valence-corrected chi connectivity index (χ4v) is 1.50. The Balaban J connectivity index is 4.38. The molecule has 0 spiro atoms. The summed E-state index contributed by atoms with van der Waals surface area (Å²) in [7, 11) is 0. The minimum absolute atomic E-state index is 0.0193. The number of carbonyl (C=O) groups excluding carboxylic acids is 1. The van der Waals surface area contributed by atoms with Gasteiger partial charge in [-0.2, -0.15) is 0 Å². The highest BCUT2D eigenvalue weighted by molar-refractivity contribution is 5.79. The van der Waals surface area contributed by atoms with E-state index in [1.807, 2.05) is 6.92 Å². The van der Waals surface area contributed by atoms with Crippen LogP contribution >= 0.6 is 0 Å². The lowest BCUT2D eigenvalue weighted by Crippen LogP contribution is -2.47. The van der Waals surface area contributed by atoms with Gasteiger partial charge in [0.1, 0.15) is 0 Å². The van der Waals surface area contributed by atoms with Gasteiger partial charge in [-0.25, -0.2) is 0 Å². The van der Waals surface area contributed by atoms with Crippen LogP contribution in [0.1, 0.15) is 27.2 Å². The van der Waals surface area contributed by atoms with Crippen molar-refractivity contribution in [1.29, 1.82) is 0 Å². The first kappa shape index (κ1) is 12.9. The van der Waals surface area contributed by atoms with E-state index < -0.39 is 17.9 Å². The lowest BCUT2D eigenvalue weighted by molar-refractivity contribution is -0.139. The number of rotatable bonds is 6. The first-order valence-corrected chi connectivity index (χ1v) is 4.67. The Morgan fingerprint density at radius 3 is 2.21 bits per heavy atom. The van der Waals surface area contributed by atoms with Crippen molar-refractivity contribution in [2.45, 2.75) is 39.3 Å². The maximum Gasteiger partial charge on any atom is 0.304 e. The minimum atomic E-state index is -0.868. The van der Waals surface area contributed by atoms with E-state index in [0.29, 0.717) is 6.54 Å². The van der Waals surface area contributed by atoms with Gasteiger partial charge in [-0.3, -0.25) is 14.5 Å². The van der Waals surface area contributed by atoms with Gasteiger partial charge in [-0.05, 0) is 20.4 Å². The molecule has 0 saturated carbocycles. The molecule has 0 radical (unpaired) electrons. The van der Waals surface area contributed by atoms with Crippen molar-refractivity contribution < 1.29 is 14.7 Å². The third kappa shape index (κ3) is 3.74. The van der Waals surface area contributed by atoms with Gasteiger partial charge in [0.2, 0.25) is 5.91 Å². The Labute approximate surface area is 83.9 Å². The maximum atomic E-state index is 10.9. The standard InChI is InChI=1S/C9H18N2O3/c1-4-11(7(3)9(10)14)6(2)5-8(12)13/h6-7H,4-5H2,1-3H3,(H2,10,14)(H,12,13). The van der Waals surface area contributed by atoms with Crippen LogP contribution in [0.25, 0.3) is 0 Å². The fourth-order valence-electron chi connectivity index (χ4n) is 1.50. The Kier molecular flexibility index (Phi) is 5.15. The summed E-state index contributed by atoms with van der Waals surface area (Å²) in [5.74, 6) is -1.29. The number of carbonyl (C=O) groups is 2. The molecular weight excluding hydrogens is 184 g/mol. The fraction of sp³-hybridized carbons (Fsp3) is 0.778. The molecule has 0 heterocycles. The van der Waals surface area contributed by atoms with Gasteiger partial charge < -0.3 is 10.8 Å². The SMILES string of the molecule is CCN(C(C)CC(=O)O)C(C)C(N)=O. The number of amides is 1. The van der Waals surface area contributed by atoms with E-state index in [1.165, 1.54) is 0 Å². The van der Waals surface area contributed by atoms with Gasteiger partial charge in [0, 0.05) is 6.04 Å². The molecule has 0 aliphatic carbocycles. The molecule has 0 saturated heterocycles. The molecule has 82 valence electrons. The number of nitrogens with zero attached hydrogens (tertiary/aromatic N) is 1. The Morgan fingerprint density at radius 2 is 1.93 bits per heavy atom. The van der Waals surface area contributed by atoms with Gasteiger partial charge >= 0.3 is 5.97 Å². The molecule has 0 aliphatic rings. The molecule has 0 rings (SSSR count). The topological polar surface area (TPSA) is 83.6 Å². The summed E-state index contributed by atoms with van der Waals surface area (Å²) >= 11 is 0. The number of hydrogen-bond acceptors (Lipinski definition) is 3. The first-order chi connectivity index (χ1) is 6.40. The molecule has 1 amide bonds. The van der Waals surface area contributed by atoms with E-state index in [2.05, 4.69) is 0 Å². The highest BCUT2D eigenvalue weighted by Crippen LogP contribution is 2.08. The van der Waals surface area contributed by atoms with Gasteiger partial charge in [-0.1, -0.05) is 6.92 Å². The number of hydrogen-bond donors (Lipinski definition) is 2. The summed E-state index contributed by atoms with van der Waals surface area (Å²) in [6.45, 7) is 5.94. The minimum Gasteiger partial charge on any atom is -0.481 e. The quantitative estimate of drug-likeness (QED) is 0.637. The van der Waals surface area contributed by atoms with E-state index in [4.69, 9.17) is 10.8 Å². The van der Waals surface area contributed by atoms with Crippen LogP contribution in [-0.4, -0.2) is 40.5 Å². The summed E-state index contributed by atoms with van der Waals surface area (Å²) in [5.41, 5.74) is 5.15. The number of primary amides is 1. The van der Waals surface area contributed by atoms with E-state index in [1.54, 1.807) is 18.7 Å². The van der Waals surface area contributed by atoms with Crippen LogP contribution in [0, 0.1) is 0 Å². The molecule has 2 unspecified atom stereocenters. The molecular formula is C9H18N2O3. The monoisotopic (exact) mass is 202 g/mol. The summed E-state index contributed by atoms with van der Waals surface area (Å²) < 4.78 is 0. The maximum absolute atomic E-state index is 10.9. The Hall–Kier alpha value is -1.10. The second kappa shape index (κ2) is 5.59. The third-order valence-corrected chi connectivity index (χ3v) is 2.31. The van der Waals surface area contributed by atoms with Crippen molar-refractivity contribution in [1.82, 2.24) is 4.90 Å². The van der Waals surface area contributed by atoms with E-state index in [0.717, 1.165) is 0 Å². The van der Waals surface area contributed by atoms with Crippen LogP contribution in [0.5, 0.6) is 0 Å². The molecule has 5 nitrogen and oxygen atoms in total. The smallest absolute Gasteiger partial charge is 0.304 e. The molecule has 3 N–H and O–H groups in total. The second-order valence-electron chi connectivity index (χ2n) is 3.36. The van der Waals surface area contributed by atoms with Crippen LogP contribution in [0.2, 0.25) is 0 Å². The van der Waals surface area contributed by atoms with Gasteiger partial charge in [0.25, 0.3) is 0 Å². The Morgan fingerprint density at radius 1 is 1.43 bits per heavy atom. The lowest BCUT2D eigenvalue weighted by Gasteiger charge is -2.30. The molecule has 0 aromatic rings. The van der Waals surface area contributed by atoms with E-state index >= 15 is 0 Å². The molecule has 5 heteroatoms. The van der Waals surface area contributed by atoms with Gasteiger partial charge in [-0.15, -0.1) is 0 Å². The molecule has 2 atom stereocenters. The van der Waals surface area contributed by atoms with Crippen molar-refractivity contribution in [2.24, 2.45) is 5.73 Å². The molecule has 0 fully saturated rings. The van der Waals surface area contributed by atoms with Crippen LogP contribution in [0.4, 0.5) is 0 Å². The predicted molar refractivity (Wildman–Crippen MR) is 52.8 cm³/mol. The zero-order valence-electron chi connectivity index (χ0n) is 8.86. The largest absolute Gasteiger partial charge is 0.481 e. The van der Waals surface area contributed by atoms with E-state index in [9.17, 15) is 9.59 Å². The van der Waals surface area contributed by atoms with E-state index in [-0.39, 0.29) is 12.5 Å². The summed E-state index contributed by atoms with van der Waals surface area (Å²) in [4.78, 5) is 23.2. The Bertz CT molecular complexity index is 218. The van der Waals surface area contributed by atoms with Crippen molar-refractivity contribution in [3.63, 3.8) is 0 Å². The van der Waals surface area contributed by atoms with Crippen LogP contribution in [0.3, 0.4) is 0 Å². The summed E-state index contributed by atoms with van der Waals surface area (Å²) in [6, 6.07) is -0.602. The van der Waals surface area contributed by atoms with Crippen molar-refractivity contribution in [2.75, 3.05) is 6.54 Å². The van der Waals surface area contributed by atoms with Crippen LogP contribution in [0.15, 0.2) is 0 Å². The number of nitrogens with two attached hydrogens (primary N) is 1. The number of carboxylic acids is 1. The van der Waals surface area contributed by atoms with Crippen LogP contribution < -0.4 is 5.73 Å². The van der Waals surface area contributed by atoms with Crippen molar-refractivity contribution in [3.05, 3.63) is 0 Å². The zero-order valence-corrected chi connectivity index (χ0v) is 8.86. The molecule has 0 aromatic heterocycles. The van der Waals surface area contributed by atoms with Crippen LogP contribution in [-0.2, 0) is 9.59 Å². The normalized spacial score (nSPS) is 15.1. The molecule has 0 aliphatic heterocycles. The lowest BCUT2D eigenvalue weighted by atomic mass is 10.1. The highest BCUT2D eigenvalue weighted by atomic mass is 16.4. The number of carboxylic acid groups (broad SMARTS) is 1. The molecule has 14 heavy (non-hydrogen) atoms. The first-order valence-electron chi connectivity index (χ1n) is 4.67. The predicted octanol–water partition coefficient (Wildman–Crippen LogP) is 0.0453. The number of likely N-dealkylation sites (N-methyl/N-ethyl adjacent to an activating group) is 1. The van der Waals surface area contributed by atoms with Gasteiger partial charge in [0.05, 0.1) is 12.5 Å². The second-order valence-corrected chi connectivity index (χ2v) is 3.36. The summed E-state index contributed by atoms with van der Waals surface area (Å²) in [5, 5.41) is 8.61. The van der Waals surface area contributed by atoms with Crippen molar-refractivity contribution in [3.8, 4) is 0 Å². The zero-order chi connectivity index (χ0) is 11.3. The van der Waals surface area contributed by atoms with Gasteiger partial charge in [0.15, 0.2) is 0 Å². The molecule has 0 bridgehead atoms. The average Bonchev–Trinajstić information content (AvgIpc) is 2.03. The number of aliphatic carboxylic acids is 1. The average molecular weight is 202 g/mol. The molecule has 0 aromatic carbocycles. The third-order valence-electron chi connectivity index (χ3n) is 2.31. The summed E-state index contributed by atoms with van der Waals surface area (Å²) in [6.07, 6.45) is 0.0193. The van der Waals surface area contributed by atoms with Crippen molar-refractivity contribution >= 4 is 11.9 Å².